The Labute approximate surface area is 166 Å². The fourth-order valence-electron chi connectivity index (χ4n) is 3.29. The largest absolute Gasteiger partial charge is 0.480 e. The van der Waals surface area contributed by atoms with Gasteiger partial charge >= 0.3 is 5.97 Å². The van der Waals surface area contributed by atoms with Crippen molar-refractivity contribution >= 4 is 5.97 Å². The van der Waals surface area contributed by atoms with Crippen LogP contribution >= 0.6 is 0 Å². The van der Waals surface area contributed by atoms with E-state index >= 15 is 0 Å². The van der Waals surface area contributed by atoms with E-state index in [2.05, 4.69) is 24.4 Å². The molecule has 3 rings (SSSR count). The highest BCUT2D eigenvalue weighted by Crippen LogP contribution is 2.26. The molecule has 0 amide bonds. The number of nitrogens with one attached hydrogen (secondary N) is 1. The van der Waals surface area contributed by atoms with Gasteiger partial charge in [0.05, 0.1) is 11.4 Å². The van der Waals surface area contributed by atoms with Crippen LogP contribution in [0.1, 0.15) is 31.4 Å². The second-order valence-electron chi connectivity index (χ2n) is 7.50. The number of hydrogen-bond acceptors (Lipinski definition) is 3. The lowest BCUT2D eigenvalue weighted by Crippen LogP contribution is -2.37. The molecule has 3 aromatic rings. The summed E-state index contributed by atoms with van der Waals surface area (Å²) in [6.07, 6.45) is 2.57. The molecule has 0 spiro atoms. The van der Waals surface area contributed by atoms with Crippen LogP contribution in [0.4, 0.5) is 0 Å². The minimum Gasteiger partial charge on any atom is -0.480 e. The normalized spacial score (nSPS) is 12.3. The molecule has 146 valence electrons. The number of aryl methyl sites for hydroxylation is 1. The zero-order valence-corrected chi connectivity index (χ0v) is 16.6. The summed E-state index contributed by atoms with van der Waals surface area (Å²) in [6.45, 7) is 6.57. The van der Waals surface area contributed by atoms with E-state index in [0.717, 1.165) is 28.1 Å². The van der Waals surface area contributed by atoms with Crippen molar-refractivity contribution in [2.75, 3.05) is 0 Å². The number of hydrogen-bond donors (Lipinski definition) is 2. The highest BCUT2D eigenvalue weighted by Gasteiger charge is 2.20. The molecule has 2 N–H and O–H groups in total. The molecule has 2 aromatic carbocycles. The summed E-state index contributed by atoms with van der Waals surface area (Å²) in [5.41, 5.74) is 5.03. The van der Waals surface area contributed by atoms with Crippen molar-refractivity contribution in [3.8, 4) is 16.9 Å². The molecule has 0 aliphatic carbocycles. The number of benzene rings is 2. The number of carbonyl (C=O) groups is 1. The van der Waals surface area contributed by atoms with Crippen LogP contribution in [0.5, 0.6) is 0 Å². The van der Waals surface area contributed by atoms with Gasteiger partial charge in [-0.15, -0.1) is 0 Å². The Bertz CT molecular complexity index is 932. The van der Waals surface area contributed by atoms with E-state index in [0.29, 0.717) is 18.9 Å². The van der Waals surface area contributed by atoms with Gasteiger partial charge in [-0.05, 0) is 37.0 Å². The minimum absolute atomic E-state index is 0.302. The van der Waals surface area contributed by atoms with Gasteiger partial charge < -0.3 is 10.4 Å². The minimum atomic E-state index is -0.818. The molecule has 5 heteroatoms. The molecule has 0 unspecified atom stereocenters. The number of nitrogens with zero attached hydrogens (tertiary/aromatic N) is 2. The van der Waals surface area contributed by atoms with Crippen molar-refractivity contribution in [2.24, 2.45) is 5.92 Å². The van der Waals surface area contributed by atoms with Crippen LogP contribution in [-0.4, -0.2) is 26.9 Å². The maximum Gasteiger partial charge on any atom is 0.320 e. The topological polar surface area (TPSA) is 67.2 Å². The van der Waals surface area contributed by atoms with Crippen LogP contribution in [0.3, 0.4) is 0 Å². The van der Waals surface area contributed by atoms with Gasteiger partial charge in [0.15, 0.2) is 0 Å². The molecule has 0 saturated heterocycles. The van der Waals surface area contributed by atoms with Crippen molar-refractivity contribution in [1.82, 2.24) is 15.1 Å². The molecule has 1 heterocycles. The third-order valence-electron chi connectivity index (χ3n) is 4.76. The van der Waals surface area contributed by atoms with Crippen molar-refractivity contribution in [2.45, 2.75) is 39.8 Å². The first-order valence-electron chi connectivity index (χ1n) is 9.62. The molecule has 28 heavy (non-hydrogen) atoms. The highest BCUT2D eigenvalue weighted by molar-refractivity contribution is 5.73. The Morgan fingerprint density at radius 3 is 2.43 bits per heavy atom. The van der Waals surface area contributed by atoms with Gasteiger partial charge in [-0.25, -0.2) is 4.68 Å². The second kappa shape index (κ2) is 8.85. The summed E-state index contributed by atoms with van der Waals surface area (Å²) < 4.78 is 1.86. The Morgan fingerprint density at radius 1 is 1.11 bits per heavy atom. The number of carboxylic acid groups (broad SMARTS) is 1. The van der Waals surface area contributed by atoms with Crippen LogP contribution in [0.15, 0.2) is 60.8 Å². The maximum absolute atomic E-state index is 11.6. The summed E-state index contributed by atoms with van der Waals surface area (Å²) in [5, 5.41) is 17.6. The van der Waals surface area contributed by atoms with E-state index in [9.17, 15) is 9.90 Å². The zero-order valence-electron chi connectivity index (χ0n) is 16.6. The van der Waals surface area contributed by atoms with Crippen LogP contribution in [-0.2, 0) is 11.3 Å². The fourth-order valence-corrected chi connectivity index (χ4v) is 3.29. The quantitative estimate of drug-likeness (QED) is 0.609. The molecule has 0 radical (unpaired) electrons. The third-order valence-corrected chi connectivity index (χ3v) is 4.76. The van der Waals surface area contributed by atoms with E-state index in [1.165, 1.54) is 0 Å². The lowest BCUT2D eigenvalue weighted by molar-refractivity contribution is -0.140. The van der Waals surface area contributed by atoms with Gasteiger partial charge in [0, 0.05) is 23.9 Å². The first-order valence-corrected chi connectivity index (χ1v) is 9.62. The van der Waals surface area contributed by atoms with E-state index in [1.54, 1.807) is 0 Å². The van der Waals surface area contributed by atoms with Gasteiger partial charge in [0.1, 0.15) is 6.04 Å². The van der Waals surface area contributed by atoms with Crippen molar-refractivity contribution in [3.05, 3.63) is 71.9 Å². The Hall–Kier alpha value is -2.92. The SMILES string of the molecule is Cc1ccccc1-c1nn(-c2ccccc2)cc1CN[C@H](CC(C)C)C(=O)O. The average molecular weight is 377 g/mol. The Kier molecular flexibility index (Phi) is 6.26. The lowest BCUT2D eigenvalue weighted by atomic mass is 10.0. The standard InChI is InChI=1S/C23H27N3O2/c1-16(2)13-21(23(27)28)24-14-18-15-26(19-10-5-4-6-11-19)25-22(18)20-12-8-7-9-17(20)3/h4-12,15-16,21,24H,13-14H2,1-3H3,(H,27,28)/t21-/m1/s1. The van der Waals surface area contributed by atoms with Crippen LogP contribution in [0.25, 0.3) is 16.9 Å². The number of carboxylic acids is 1. The van der Waals surface area contributed by atoms with Gasteiger partial charge in [-0.2, -0.15) is 5.10 Å². The molecule has 0 aliphatic rings. The van der Waals surface area contributed by atoms with Crippen molar-refractivity contribution < 1.29 is 9.90 Å². The maximum atomic E-state index is 11.6. The van der Waals surface area contributed by atoms with Gasteiger partial charge in [-0.1, -0.05) is 56.3 Å². The molecule has 0 bridgehead atoms. The summed E-state index contributed by atoms with van der Waals surface area (Å²) in [6, 6.07) is 17.5. The first kappa shape index (κ1) is 19.8. The molecule has 1 atom stereocenters. The van der Waals surface area contributed by atoms with E-state index in [4.69, 9.17) is 5.10 Å². The van der Waals surface area contributed by atoms with Crippen molar-refractivity contribution in [1.29, 1.82) is 0 Å². The van der Waals surface area contributed by atoms with Crippen LogP contribution in [0.2, 0.25) is 0 Å². The summed E-state index contributed by atoms with van der Waals surface area (Å²) in [5.74, 6) is -0.516. The van der Waals surface area contributed by atoms with Gasteiger partial charge in [0.2, 0.25) is 0 Å². The van der Waals surface area contributed by atoms with Gasteiger partial charge in [0.25, 0.3) is 0 Å². The molecule has 0 aliphatic heterocycles. The third kappa shape index (κ3) is 4.67. The molecule has 0 fully saturated rings. The zero-order chi connectivity index (χ0) is 20.1. The Balaban J connectivity index is 1.95. The average Bonchev–Trinajstić information content (AvgIpc) is 3.09. The summed E-state index contributed by atoms with van der Waals surface area (Å²) in [4.78, 5) is 11.6. The number of aromatic nitrogens is 2. The molecule has 1 aromatic heterocycles. The highest BCUT2D eigenvalue weighted by atomic mass is 16.4. The fraction of sp³-hybridized carbons (Fsp3) is 0.304. The summed E-state index contributed by atoms with van der Waals surface area (Å²) >= 11 is 0. The van der Waals surface area contributed by atoms with Gasteiger partial charge in [-0.3, -0.25) is 4.79 Å². The molecule has 0 saturated carbocycles. The predicted molar refractivity (Wildman–Crippen MR) is 111 cm³/mol. The number of aliphatic carboxylic acids is 1. The number of rotatable bonds is 8. The number of para-hydroxylation sites is 1. The Morgan fingerprint density at radius 2 is 1.79 bits per heavy atom. The van der Waals surface area contributed by atoms with Crippen LogP contribution in [0, 0.1) is 12.8 Å². The van der Waals surface area contributed by atoms with Crippen LogP contribution < -0.4 is 5.32 Å². The van der Waals surface area contributed by atoms with Crippen molar-refractivity contribution in [3.63, 3.8) is 0 Å². The lowest BCUT2D eigenvalue weighted by Gasteiger charge is -2.16. The van der Waals surface area contributed by atoms with E-state index < -0.39 is 12.0 Å². The molecular formula is C23H27N3O2. The second-order valence-corrected chi connectivity index (χ2v) is 7.50. The van der Waals surface area contributed by atoms with E-state index in [-0.39, 0.29) is 0 Å². The first-order chi connectivity index (χ1) is 13.5. The smallest absolute Gasteiger partial charge is 0.320 e. The molecular weight excluding hydrogens is 350 g/mol. The monoisotopic (exact) mass is 377 g/mol. The van der Waals surface area contributed by atoms with E-state index in [1.807, 2.05) is 67.2 Å². The molecule has 5 nitrogen and oxygen atoms in total. The summed E-state index contributed by atoms with van der Waals surface area (Å²) in [7, 11) is 0. The predicted octanol–water partition coefficient (Wildman–Crippen LogP) is 4.44.